The van der Waals surface area contributed by atoms with Crippen molar-refractivity contribution in [2.75, 3.05) is 31.2 Å². The van der Waals surface area contributed by atoms with Gasteiger partial charge in [0.05, 0.1) is 6.54 Å². The highest BCUT2D eigenvalue weighted by atomic mass is 32.1. The van der Waals surface area contributed by atoms with E-state index in [0.717, 1.165) is 0 Å². The molecule has 112 valence electrons. The lowest BCUT2D eigenvalue weighted by atomic mass is 10.3. The number of rotatable bonds is 6. The van der Waals surface area contributed by atoms with Crippen molar-refractivity contribution in [1.82, 2.24) is 15.2 Å². The molecule has 0 aliphatic rings. The van der Waals surface area contributed by atoms with E-state index < -0.39 is 0 Å². The number of carbonyl (C=O) groups excluding carboxylic acids is 2. The smallest absolute Gasteiger partial charge is 0.268 e. The summed E-state index contributed by atoms with van der Waals surface area (Å²) >= 11 is 1.19. The lowest BCUT2D eigenvalue weighted by Crippen LogP contribution is -2.40. The zero-order valence-electron chi connectivity index (χ0n) is 12.2. The van der Waals surface area contributed by atoms with Gasteiger partial charge in [-0.15, -0.1) is 0 Å². The maximum atomic E-state index is 12.2. The number of nitrogens with two attached hydrogens (primary N) is 1. The van der Waals surface area contributed by atoms with E-state index in [4.69, 9.17) is 5.73 Å². The van der Waals surface area contributed by atoms with Gasteiger partial charge in [0.2, 0.25) is 5.91 Å². The van der Waals surface area contributed by atoms with Gasteiger partial charge in [0, 0.05) is 19.6 Å². The van der Waals surface area contributed by atoms with Crippen LogP contribution in [0, 0.1) is 0 Å². The topological polar surface area (TPSA) is 100 Å². The molecule has 0 aliphatic carbocycles. The van der Waals surface area contributed by atoms with Crippen LogP contribution in [0.3, 0.4) is 0 Å². The SMILES string of the molecule is CCNc1nc(N)c(C(=O)N(C)CC(=O)NC(C)C)s1. The van der Waals surface area contributed by atoms with Crippen molar-refractivity contribution < 1.29 is 9.59 Å². The second-order valence-corrected chi connectivity index (χ2v) is 5.65. The van der Waals surface area contributed by atoms with Gasteiger partial charge in [0.15, 0.2) is 5.13 Å². The van der Waals surface area contributed by atoms with Crippen molar-refractivity contribution in [3.63, 3.8) is 0 Å². The average Bonchev–Trinajstić information content (AvgIpc) is 2.68. The predicted molar refractivity (Wildman–Crippen MR) is 80.9 cm³/mol. The van der Waals surface area contributed by atoms with Gasteiger partial charge in [0.25, 0.3) is 5.91 Å². The molecular formula is C12H21N5O2S. The normalized spacial score (nSPS) is 10.4. The fourth-order valence-corrected chi connectivity index (χ4v) is 2.49. The fraction of sp³-hybridized carbons (Fsp3) is 0.583. The van der Waals surface area contributed by atoms with Gasteiger partial charge in [0.1, 0.15) is 10.7 Å². The Morgan fingerprint density at radius 1 is 1.45 bits per heavy atom. The van der Waals surface area contributed by atoms with Gasteiger partial charge >= 0.3 is 0 Å². The Hall–Kier alpha value is -1.83. The molecule has 2 amide bonds. The Labute approximate surface area is 122 Å². The van der Waals surface area contributed by atoms with E-state index in [-0.39, 0.29) is 30.2 Å². The van der Waals surface area contributed by atoms with Crippen LogP contribution >= 0.6 is 11.3 Å². The van der Waals surface area contributed by atoms with Crippen LogP contribution in [-0.4, -0.2) is 47.9 Å². The molecule has 0 aromatic carbocycles. The number of aromatic nitrogens is 1. The number of carbonyl (C=O) groups is 2. The highest BCUT2D eigenvalue weighted by molar-refractivity contribution is 7.18. The van der Waals surface area contributed by atoms with Crippen LogP contribution in [0.4, 0.5) is 10.9 Å². The molecule has 0 radical (unpaired) electrons. The number of amides is 2. The van der Waals surface area contributed by atoms with Gasteiger partial charge in [-0.1, -0.05) is 11.3 Å². The molecule has 0 atom stereocenters. The molecule has 1 heterocycles. The molecule has 7 nitrogen and oxygen atoms in total. The van der Waals surface area contributed by atoms with Crippen molar-refractivity contribution in [2.45, 2.75) is 26.8 Å². The highest BCUT2D eigenvalue weighted by Gasteiger charge is 2.21. The van der Waals surface area contributed by atoms with Crippen molar-refractivity contribution in [2.24, 2.45) is 0 Å². The molecule has 0 saturated heterocycles. The van der Waals surface area contributed by atoms with E-state index in [0.29, 0.717) is 16.6 Å². The molecule has 0 spiro atoms. The van der Waals surface area contributed by atoms with Crippen LogP contribution in [0.15, 0.2) is 0 Å². The maximum absolute atomic E-state index is 12.2. The first kappa shape index (κ1) is 16.2. The summed E-state index contributed by atoms with van der Waals surface area (Å²) in [5.41, 5.74) is 5.73. The predicted octanol–water partition coefficient (Wildman–Crippen LogP) is 0.754. The summed E-state index contributed by atoms with van der Waals surface area (Å²) in [6.07, 6.45) is 0. The van der Waals surface area contributed by atoms with E-state index >= 15 is 0 Å². The zero-order chi connectivity index (χ0) is 15.3. The third kappa shape index (κ3) is 4.37. The molecule has 1 rings (SSSR count). The summed E-state index contributed by atoms with van der Waals surface area (Å²) in [6.45, 7) is 6.35. The zero-order valence-corrected chi connectivity index (χ0v) is 13.0. The first-order valence-corrected chi connectivity index (χ1v) is 7.21. The first-order valence-electron chi connectivity index (χ1n) is 6.40. The maximum Gasteiger partial charge on any atom is 0.268 e. The van der Waals surface area contributed by atoms with Gasteiger partial charge in [-0.25, -0.2) is 4.98 Å². The summed E-state index contributed by atoms with van der Waals surface area (Å²) in [5, 5.41) is 6.34. The van der Waals surface area contributed by atoms with E-state index in [1.807, 2.05) is 20.8 Å². The molecule has 20 heavy (non-hydrogen) atoms. The summed E-state index contributed by atoms with van der Waals surface area (Å²) in [4.78, 5) is 29.6. The number of anilines is 2. The molecule has 1 aromatic rings. The van der Waals surface area contributed by atoms with Gasteiger partial charge in [-0.05, 0) is 20.8 Å². The van der Waals surface area contributed by atoms with Crippen molar-refractivity contribution in [1.29, 1.82) is 0 Å². The number of likely N-dealkylation sites (N-methyl/N-ethyl adjacent to an activating group) is 1. The average molecular weight is 299 g/mol. The molecule has 0 fully saturated rings. The number of hydrogen-bond acceptors (Lipinski definition) is 6. The van der Waals surface area contributed by atoms with Crippen LogP contribution in [0.2, 0.25) is 0 Å². The molecule has 0 aliphatic heterocycles. The molecule has 4 N–H and O–H groups in total. The highest BCUT2D eigenvalue weighted by Crippen LogP contribution is 2.25. The molecule has 0 bridgehead atoms. The summed E-state index contributed by atoms with van der Waals surface area (Å²) in [6, 6.07) is 0.0415. The van der Waals surface area contributed by atoms with E-state index in [1.165, 1.54) is 16.2 Å². The fourth-order valence-electron chi connectivity index (χ4n) is 1.54. The Morgan fingerprint density at radius 2 is 2.10 bits per heavy atom. The van der Waals surface area contributed by atoms with Gasteiger partial charge in [-0.3, -0.25) is 9.59 Å². The Balaban J connectivity index is 2.71. The van der Waals surface area contributed by atoms with Crippen molar-refractivity contribution in [3.05, 3.63) is 4.88 Å². The third-order valence-corrected chi connectivity index (χ3v) is 3.37. The van der Waals surface area contributed by atoms with Crippen LogP contribution in [0.25, 0.3) is 0 Å². The van der Waals surface area contributed by atoms with Gasteiger partial charge < -0.3 is 21.3 Å². The van der Waals surface area contributed by atoms with Crippen LogP contribution < -0.4 is 16.4 Å². The second-order valence-electron chi connectivity index (χ2n) is 4.65. The number of hydrogen-bond donors (Lipinski definition) is 3. The first-order chi connectivity index (χ1) is 9.35. The van der Waals surface area contributed by atoms with Crippen LogP contribution in [0.1, 0.15) is 30.4 Å². The van der Waals surface area contributed by atoms with Gasteiger partial charge in [-0.2, -0.15) is 0 Å². The summed E-state index contributed by atoms with van der Waals surface area (Å²) in [7, 11) is 1.56. The Bertz CT molecular complexity index is 486. The Morgan fingerprint density at radius 3 is 2.65 bits per heavy atom. The quantitative estimate of drug-likeness (QED) is 0.720. The van der Waals surface area contributed by atoms with E-state index in [9.17, 15) is 9.59 Å². The summed E-state index contributed by atoms with van der Waals surface area (Å²) < 4.78 is 0. The standard InChI is InChI=1S/C12H21N5O2S/c1-5-14-12-16-10(13)9(20-12)11(19)17(4)6-8(18)15-7(2)3/h7H,5-6,13H2,1-4H3,(H,14,16)(H,15,18). The lowest BCUT2D eigenvalue weighted by Gasteiger charge is -2.17. The minimum absolute atomic E-state index is 0.00903. The largest absolute Gasteiger partial charge is 0.382 e. The molecule has 0 unspecified atom stereocenters. The number of nitrogens with zero attached hydrogens (tertiary/aromatic N) is 2. The molecule has 0 saturated carbocycles. The number of nitrogen functional groups attached to an aromatic ring is 1. The number of thiazole rings is 1. The second kappa shape index (κ2) is 7.09. The molecule has 8 heteroatoms. The van der Waals surface area contributed by atoms with Crippen LogP contribution in [-0.2, 0) is 4.79 Å². The Kier molecular flexibility index (Phi) is 5.75. The van der Waals surface area contributed by atoms with Crippen molar-refractivity contribution in [3.8, 4) is 0 Å². The van der Waals surface area contributed by atoms with E-state index in [1.54, 1.807) is 7.05 Å². The lowest BCUT2D eigenvalue weighted by molar-refractivity contribution is -0.122. The molecule has 1 aromatic heterocycles. The van der Waals surface area contributed by atoms with Crippen molar-refractivity contribution >= 4 is 34.1 Å². The monoisotopic (exact) mass is 299 g/mol. The van der Waals surface area contributed by atoms with Crippen LogP contribution in [0.5, 0.6) is 0 Å². The number of nitrogens with one attached hydrogen (secondary N) is 2. The molecular weight excluding hydrogens is 278 g/mol. The third-order valence-electron chi connectivity index (χ3n) is 2.35. The summed E-state index contributed by atoms with van der Waals surface area (Å²) in [5.74, 6) is -0.319. The minimum atomic E-state index is -0.303. The minimum Gasteiger partial charge on any atom is -0.382 e. The van der Waals surface area contributed by atoms with E-state index in [2.05, 4.69) is 15.6 Å².